The first-order valence-corrected chi connectivity index (χ1v) is 23.0. The van der Waals surface area contributed by atoms with Gasteiger partial charge in [0.2, 0.25) is 5.91 Å². The molecule has 6 rings (SSSR count). The predicted octanol–water partition coefficient (Wildman–Crippen LogP) is 7.08. The number of halogens is 1. The van der Waals surface area contributed by atoms with Gasteiger partial charge in [-0.05, 0) is 58.7 Å². The fourth-order valence-corrected chi connectivity index (χ4v) is 13.1. The zero-order valence-electron chi connectivity index (χ0n) is 31.7. The third-order valence-corrected chi connectivity index (χ3v) is 19.9. The Morgan fingerprint density at radius 1 is 0.887 bits per heavy atom. The highest BCUT2D eigenvalue weighted by atomic mass is 31.2. The van der Waals surface area contributed by atoms with Crippen LogP contribution in [0, 0.1) is 11.8 Å². The minimum Gasteiger partial charge on any atom is -0.497 e. The van der Waals surface area contributed by atoms with Crippen LogP contribution in [-0.2, 0) is 30.1 Å². The van der Waals surface area contributed by atoms with Gasteiger partial charge in [0, 0.05) is 12.8 Å². The molecule has 10 heteroatoms. The van der Waals surface area contributed by atoms with E-state index in [-0.39, 0.29) is 29.1 Å². The number of epoxide rings is 1. The zero-order valence-corrected chi connectivity index (χ0v) is 33.6. The van der Waals surface area contributed by atoms with E-state index < -0.39 is 51.8 Å². The summed E-state index contributed by atoms with van der Waals surface area (Å²) in [4.78, 5) is 32.0. The Morgan fingerprint density at radius 2 is 1.38 bits per heavy atom. The van der Waals surface area contributed by atoms with Gasteiger partial charge in [-0.2, -0.15) is 0 Å². The molecule has 0 spiro atoms. The summed E-state index contributed by atoms with van der Waals surface area (Å²) in [5, 5.41) is 2.50. The number of carbonyl (C=O) groups excluding carboxylic acids is 2. The molecular weight excluding hydrogens is 705 g/mol. The van der Waals surface area contributed by atoms with Crippen molar-refractivity contribution < 1.29 is 32.6 Å². The molecule has 0 N–H and O–H groups in total. The summed E-state index contributed by atoms with van der Waals surface area (Å²) in [6.45, 7) is 9.14. The SMILES string of the molecule is COc1ccc(COC(=O)C(N2C(=O)[C@H]([C@@H](C)O[Si](C)(C)C(C)(C)C)[C@H]2[C@@H](CF)[C@@H]2CO2)=P(c2ccccc2)(c2ccccc2)c2ccccc2)cc1. The van der Waals surface area contributed by atoms with Crippen LogP contribution in [0.1, 0.15) is 33.3 Å². The van der Waals surface area contributed by atoms with Crippen LogP contribution in [-0.4, -0.2) is 69.2 Å². The van der Waals surface area contributed by atoms with Crippen molar-refractivity contribution >= 4 is 48.4 Å². The molecule has 2 heterocycles. The van der Waals surface area contributed by atoms with Crippen molar-refractivity contribution in [3.63, 3.8) is 0 Å². The first kappa shape index (κ1) is 38.7. The number of likely N-dealkylation sites (tertiary alicyclic amines) is 1. The number of benzene rings is 4. The van der Waals surface area contributed by atoms with E-state index in [0.717, 1.165) is 21.5 Å². The molecule has 2 saturated heterocycles. The van der Waals surface area contributed by atoms with Gasteiger partial charge in [-0.25, -0.2) is 4.79 Å². The van der Waals surface area contributed by atoms with Crippen molar-refractivity contribution in [3.05, 3.63) is 121 Å². The minimum atomic E-state index is -3.20. The van der Waals surface area contributed by atoms with Crippen molar-refractivity contribution in [3.8, 4) is 5.75 Å². The number of hydrogen-bond acceptors (Lipinski definition) is 6. The number of β-lactam (4-membered cyclic amide) rings is 1. The van der Waals surface area contributed by atoms with Crippen LogP contribution in [0.25, 0.3) is 0 Å². The maximum atomic E-state index is 15.5. The molecule has 2 fully saturated rings. The van der Waals surface area contributed by atoms with Gasteiger partial charge < -0.3 is 23.5 Å². The molecular formula is C43H51FNO6PSi. The van der Waals surface area contributed by atoms with Crippen molar-refractivity contribution in [1.29, 1.82) is 0 Å². The Hall–Kier alpha value is -4.01. The molecule has 280 valence electrons. The molecule has 0 aliphatic carbocycles. The summed E-state index contributed by atoms with van der Waals surface area (Å²) in [5.41, 5.74) is 0.981. The molecule has 2 aliphatic heterocycles. The van der Waals surface area contributed by atoms with Crippen molar-refractivity contribution in [1.82, 2.24) is 4.90 Å². The Bertz CT molecular complexity index is 1830. The Labute approximate surface area is 314 Å². The van der Waals surface area contributed by atoms with Gasteiger partial charge in [0.15, 0.2) is 8.32 Å². The van der Waals surface area contributed by atoms with E-state index >= 15 is 14.0 Å². The van der Waals surface area contributed by atoms with Gasteiger partial charge in [-0.1, -0.05) is 124 Å². The van der Waals surface area contributed by atoms with Gasteiger partial charge in [-0.15, -0.1) is 0 Å². The lowest BCUT2D eigenvalue weighted by molar-refractivity contribution is -0.161. The Kier molecular flexibility index (Phi) is 11.5. The highest BCUT2D eigenvalue weighted by molar-refractivity contribution is 7.96. The second-order valence-electron chi connectivity index (χ2n) is 15.4. The Balaban J connectivity index is 1.62. The molecule has 53 heavy (non-hydrogen) atoms. The van der Waals surface area contributed by atoms with E-state index in [4.69, 9.17) is 18.6 Å². The molecule has 0 unspecified atom stereocenters. The summed E-state index contributed by atoms with van der Waals surface area (Å²) >= 11 is 0. The van der Waals surface area contributed by atoms with Gasteiger partial charge >= 0.3 is 5.97 Å². The normalized spacial score (nSPS) is 19.9. The van der Waals surface area contributed by atoms with Gasteiger partial charge in [0.25, 0.3) is 0 Å². The quantitative estimate of drug-likeness (QED) is 0.0450. The van der Waals surface area contributed by atoms with E-state index in [1.807, 2.05) is 122 Å². The second-order valence-corrected chi connectivity index (χ2v) is 23.5. The number of carbonyl (C=O) groups is 2. The molecule has 0 saturated carbocycles. The number of methoxy groups -OCH3 is 1. The fourth-order valence-electron chi connectivity index (χ4n) is 7.24. The zero-order chi connectivity index (χ0) is 38.0. The second kappa shape index (κ2) is 15.8. The largest absolute Gasteiger partial charge is 0.497 e. The lowest BCUT2D eigenvalue weighted by atomic mass is 9.75. The number of hydrogen-bond donors (Lipinski definition) is 0. The summed E-state index contributed by atoms with van der Waals surface area (Å²) in [6, 6.07) is 36.2. The number of amides is 1. The number of ether oxygens (including phenoxy) is 3. The lowest BCUT2D eigenvalue weighted by Gasteiger charge is -2.54. The first-order chi connectivity index (χ1) is 25.3. The lowest BCUT2D eigenvalue weighted by Crippen LogP contribution is -2.72. The van der Waals surface area contributed by atoms with Gasteiger partial charge in [-0.3, -0.25) is 9.18 Å². The molecule has 0 bridgehead atoms. The molecule has 1 amide bonds. The topological polar surface area (TPSA) is 77.6 Å². The van der Waals surface area contributed by atoms with E-state index in [1.165, 1.54) is 0 Å². The van der Waals surface area contributed by atoms with Gasteiger partial charge in [0.05, 0.1) is 44.6 Å². The molecule has 4 aromatic carbocycles. The van der Waals surface area contributed by atoms with Crippen LogP contribution in [0.3, 0.4) is 0 Å². The molecule has 0 radical (unpaired) electrons. The fraction of sp³-hybridized carbons (Fsp3) is 0.372. The van der Waals surface area contributed by atoms with Crippen LogP contribution in [0.2, 0.25) is 18.1 Å². The summed E-state index contributed by atoms with van der Waals surface area (Å²) in [6.07, 6.45) is -0.899. The molecule has 4 aromatic rings. The Morgan fingerprint density at radius 3 is 1.79 bits per heavy atom. The molecule has 5 atom stereocenters. The molecule has 0 aromatic heterocycles. The van der Waals surface area contributed by atoms with Crippen LogP contribution in [0.5, 0.6) is 5.75 Å². The van der Waals surface area contributed by atoms with Crippen LogP contribution in [0.4, 0.5) is 4.39 Å². The maximum absolute atomic E-state index is 15.5. The summed E-state index contributed by atoms with van der Waals surface area (Å²) in [5.74, 6) is -1.58. The van der Waals surface area contributed by atoms with Crippen molar-refractivity contribution in [2.45, 2.75) is 70.7 Å². The number of alkyl halides is 1. The van der Waals surface area contributed by atoms with Crippen LogP contribution in [0.15, 0.2) is 115 Å². The average Bonchev–Trinajstić information content (AvgIpc) is 4.00. The van der Waals surface area contributed by atoms with Crippen LogP contribution < -0.4 is 20.7 Å². The van der Waals surface area contributed by atoms with E-state index in [1.54, 1.807) is 12.0 Å². The van der Waals surface area contributed by atoms with E-state index in [9.17, 15) is 0 Å². The van der Waals surface area contributed by atoms with Gasteiger partial charge in [0.1, 0.15) is 17.8 Å². The highest BCUT2D eigenvalue weighted by Gasteiger charge is 2.61. The standard InChI is InChI=1S/C43H51FNO6PSi/c1-30(51-53(6,7)43(2,3)4)38-39(36(27-44)37-29-49-37)45(40(38)46)41(42(47)50-28-31-23-25-32(48-5)26-24-31)52(33-17-11-8-12-18-33,34-19-13-9-14-20-34)35-21-15-10-16-22-35/h8-26,30,36-39H,27-29H2,1-7H3/t30-,36+,37+,38-,39-/m1/s1. The van der Waals surface area contributed by atoms with E-state index in [2.05, 4.69) is 33.9 Å². The number of esters is 1. The average molecular weight is 756 g/mol. The smallest absolute Gasteiger partial charge is 0.356 e. The number of rotatable bonds is 14. The highest BCUT2D eigenvalue weighted by Crippen LogP contribution is 2.52. The summed E-state index contributed by atoms with van der Waals surface area (Å²) in [7, 11) is -0.751. The third-order valence-electron chi connectivity index (χ3n) is 11.1. The third kappa shape index (κ3) is 7.54. The van der Waals surface area contributed by atoms with Crippen molar-refractivity contribution in [2.24, 2.45) is 11.8 Å². The summed E-state index contributed by atoms with van der Waals surface area (Å²) < 4.78 is 39.7. The minimum absolute atomic E-state index is 0.0377. The maximum Gasteiger partial charge on any atom is 0.356 e. The first-order valence-electron chi connectivity index (χ1n) is 18.3. The predicted molar refractivity (Wildman–Crippen MR) is 214 cm³/mol. The van der Waals surface area contributed by atoms with Crippen LogP contribution >= 0.6 is 6.89 Å². The molecule has 2 aliphatic rings. The van der Waals surface area contributed by atoms with Crippen molar-refractivity contribution in [2.75, 3.05) is 20.4 Å². The monoisotopic (exact) mass is 755 g/mol. The molecule has 7 nitrogen and oxygen atoms in total. The van der Waals surface area contributed by atoms with E-state index in [0.29, 0.717) is 12.4 Å². The number of nitrogens with zero attached hydrogens (tertiary/aromatic N) is 1.